The molecule has 0 amide bonds. The van der Waals surface area contributed by atoms with Crippen molar-refractivity contribution in [3.8, 4) is 11.1 Å². The first-order valence-corrected chi connectivity index (χ1v) is 10.0. The van der Waals surface area contributed by atoms with E-state index in [9.17, 15) is 12.8 Å². The maximum absolute atomic E-state index is 14.3. The van der Waals surface area contributed by atoms with Gasteiger partial charge in [0.25, 0.3) is 0 Å². The highest BCUT2D eigenvalue weighted by molar-refractivity contribution is 7.91. The van der Waals surface area contributed by atoms with Gasteiger partial charge in [0.05, 0.1) is 10.6 Å². The van der Waals surface area contributed by atoms with Crippen LogP contribution >= 0.6 is 0 Å². The zero-order valence-corrected chi connectivity index (χ0v) is 14.3. The summed E-state index contributed by atoms with van der Waals surface area (Å²) in [5.74, 6) is -0.107. The minimum Gasteiger partial charge on any atom is -0.299 e. The normalized spacial score (nSPS) is 19.5. The second kappa shape index (κ2) is 5.97. The van der Waals surface area contributed by atoms with Crippen LogP contribution in [0.1, 0.15) is 24.0 Å². The molecule has 0 aromatic heterocycles. The Morgan fingerprint density at radius 1 is 1.04 bits per heavy atom. The van der Waals surface area contributed by atoms with Crippen LogP contribution in [0.4, 0.5) is 4.39 Å². The molecule has 2 aliphatic heterocycles. The molecular weight excluding hydrogens is 325 g/mol. The van der Waals surface area contributed by atoms with Gasteiger partial charge in [0.15, 0.2) is 9.84 Å². The molecule has 0 saturated carbocycles. The summed E-state index contributed by atoms with van der Waals surface area (Å²) in [7, 11) is -3.14. The van der Waals surface area contributed by atoms with Crippen molar-refractivity contribution >= 4 is 9.84 Å². The maximum Gasteiger partial charge on any atom is 0.178 e. The van der Waals surface area contributed by atoms with Crippen molar-refractivity contribution in [2.45, 2.75) is 30.7 Å². The van der Waals surface area contributed by atoms with E-state index in [1.807, 2.05) is 18.2 Å². The van der Waals surface area contributed by atoms with Crippen LogP contribution in [0.2, 0.25) is 0 Å². The van der Waals surface area contributed by atoms with E-state index in [1.165, 1.54) is 18.9 Å². The first kappa shape index (κ1) is 15.8. The van der Waals surface area contributed by atoms with Gasteiger partial charge in [-0.1, -0.05) is 12.1 Å². The molecule has 2 aromatic rings. The van der Waals surface area contributed by atoms with Gasteiger partial charge in [-0.3, -0.25) is 4.90 Å². The van der Waals surface area contributed by atoms with Crippen LogP contribution in [0.3, 0.4) is 0 Å². The lowest BCUT2D eigenvalue weighted by molar-refractivity contribution is 0.331. The van der Waals surface area contributed by atoms with E-state index in [4.69, 9.17) is 0 Å². The zero-order valence-electron chi connectivity index (χ0n) is 13.5. The third-order valence-corrected chi connectivity index (χ3v) is 6.79. The molecule has 2 aromatic carbocycles. The topological polar surface area (TPSA) is 37.4 Å². The summed E-state index contributed by atoms with van der Waals surface area (Å²) in [6, 6.07) is 10.4. The Bertz CT molecular complexity index is 886. The second-order valence-electron chi connectivity index (χ2n) is 6.69. The lowest BCUT2D eigenvalue weighted by Gasteiger charge is -2.15. The largest absolute Gasteiger partial charge is 0.299 e. The van der Waals surface area contributed by atoms with Gasteiger partial charge in [-0.25, -0.2) is 12.8 Å². The number of likely N-dealkylation sites (tertiary alicyclic amines) is 1. The first-order valence-electron chi connectivity index (χ1n) is 8.40. The third-order valence-electron chi connectivity index (χ3n) is 4.98. The highest BCUT2D eigenvalue weighted by atomic mass is 32.2. The Kier molecular flexibility index (Phi) is 3.93. The summed E-state index contributed by atoms with van der Waals surface area (Å²) in [5.41, 5.74) is 3.21. The van der Waals surface area contributed by atoms with E-state index in [0.717, 1.165) is 36.3 Å². The molecule has 0 spiro atoms. The molecule has 0 radical (unpaired) electrons. The van der Waals surface area contributed by atoms with Crippen molar-refractivity contribution in [3.63, 3.8) is 0 Å². The number of sulfone groups is 1. The molecule has 2 aliphatic rings. The molecule has 1 saturated heterocycles. The van der Waals surface area contributed by atoms with Crippen molar-refractivity contribution in [1.29, 1.82) is 0 Å². The number of halogens is 1. The molecule has 0 N–H and O–H groups in total. The quantitative estimate of drug-likeness (QED) is 0.855. The van der Waals surface area contributed by atoms with Gasteiger partial charge in [0.1, 0.15) is 5.82 Å². The first-order chi connectivity index (χ1) is 11.5. The van der Waals surface area contributed by atoms with Crippen molar-refractivity contribution in [1.82, 2.24) is 4.90 Å². The highest BCUT2D eigenvalue weighted by Gasteiger charge is 2.26. The predicted octanol–water partition coefficient (Wildman–Crippen LogP) is 3.42. The van der Waals surface area contributed by atoms with Gasteiger partial charge in [0, 0.05) is 12.1 Å². The van der Waals surface area contributed by atoms with Gasteiger partial charge in [-0.15, -0.1) is 0 Å². The van der Waals surface area contributed by atoms with E-state index in [0.29, 0.717) is 16.9 Å². The second-order valence-corrected chi connectivity index (χ2v) is 8.77. The Labute approximate surface area is 142 Å². The fraction of sp³-hybridized carbons (Fsp3) is 0.368. The molecule has 24 heavy (non-hydrogen) atoms. The van der Waals surface area contributed by atoms with Crippen LogP contribution in [0.15, 0.2) is 41.3 Å². The Morgan fingerprint density at radius 3 is 2.62 bits per heavy atom. The number of hydrogen-bond donors (Lipinski definition) is 0. The van der Waals surface area contributed by atoms with Gasteiger partial charge in [0.2, 0.25) is 0 Å². The maximum atomic E-state index is 14.3. The summed E-state index contributed by atoms with van der Waals surface area (Å²) in [6.07, 6.45) is 2.97. The number of aryl methyl sites for hydroxylation is 1. The average Bonchev–Trinajstić information content (AvgIpc) is 3.17. The number of benzene rings is 2. The molecule has 5 heteroatoms. The van der Waals surface area contributed by atoms with E-state index in [2.05, 4.69) is 4.90 Å². The molecule has 0 bridgehead atoms. The minimum atomic E-state index is -3.14. The van der Waals surface area contributed by atoms with Gasteiger partial charge in [-0.05, 0) is 73.3 Å². The van der Waals surface area contributed by atoms with E-state index < -0.39 is 9.84 Å². The standard InChI is InChI=1S/C19H20FNO2S/c20-18-5-3-14(13-21-8-1-2-9-21)11-17(18)15-4-6-19-16(12-15)7-10-24(19,22)23/h3-6,11-12H,1-2,7-10,13H2. The van der Waals surface area contributed by atoms with E-state index >= 15 is 0 Å². The van der Waals surface area contributed by atoms with Crippen LogP contribution in [-0.4, -0.2) is 32.2 Å². The lowest BCUT2D eigenvalue weighted by Crippen LogP contribution is -2.18. The summed E-state index contributed by atoms with van der Waals surface area (Å²) in [5, 5.41) is 0. The lowest BCUT2D eigenvalue weighted by atomic mass is 9.99. The fourth-order valence-electron chi connectivity index (χ4n) is 3.69. The van der Waals surface area contributed by atoms with Gasteiger partial charge >= 0.3 is 0 Å². The molecule has 1 fully saturated rings. The molecular formula is C19H20FNO2S. The SMILES string of the molecule is O=S1(=O)CCc2cc(-c3cc(CN4CCCC4)ccc3F)ccc21. The van der Waals surface area contributed by atoms with Crippen molar-refractivity contribution in [2.75, 3.05) is 18.8 Å². The number of rotatable bonds is 3. The van der Waals surface area contributed by atoms with Crippen LogP contribution in [0, 0.1) is 5.82 Å². The Morgan fingerprint density at radius 2 is 1.83 bits per heavy atom. The summed E-state index contributed by atoms with van der Waals surface area (Å²) >= 11 is 0. The van der Waals surface area contributed by atoms with E-state index in [1.54, 1.807) is 12.1 Å². The fourth-order valence-corrected chi connectivity index (χ4v) is 5.24. The number of fused-ring (bicyclic) bond motifs is 1. The summed E-state index contributed by atoms with van der Waals surface area (Å²) in [6.45, 7) is 3.04. The molecule has 126 valence electrons. The van der Waals surface area contributed by atoms with Gasteiger partial charge < -0.3 is 0 Å². The van der Waals surface area contributed by atoms with Crippen LogP contribution in [0.5, 0.6) is 0 Å². The molecule has 0 unspecified atom stereocenters. The Balaban J connectivity index is 1.68. The monoisotopic (exact) mass is 345 g/mol. The number of hydrogen-bond acceptors (Lipinski definition) is 3. The van der Waals surface area contributed by atoms with Gasteiger partial charge in [-0.2, -0.15) is 0 Å². The van der Waals surface area contributed by atoms with Crippen LogP contribution < -0.4 is 0 Å². The van der Waals surface area contributed by atoms with E-state index in [-0.39, 0.29) is 11.6 Å². The molecule has 0 atom stereocenters. The average molecular weight is 345 g/mol. The molecule has 4 rings (SSSR count). The van der Waals surface area contributed by atoms with Crippen molar-refractivity contribution < 1.29 is 12.8 Å². The third kappa shape index (κ3) is 2.87. The predicted molar refractivity (Wildman–Crippen MR) is 92.1 cm³/mol. The zero-order chi connectivity index (χ0) is 16.7. The number of nitrogens with zero attached hydrogens (tertiary/aromatic N) is 1. The van der Waals surface area contributed by atoms with Crippen LogP contribution in [-0.2, 0) is 22.8 Å². The minimum absolute atomic E-state index is 0.156. The molecule has 2 heterocycles. The van der Waals surface area contributed by atoms with Crippen molar-refractivity contribution in [3.05, 3.63) is 53.3 Å². The Hall–Kier alpha value is -1.72. The highest BCUT2D eigenvalue weighted by Crippen LogP contribution is 2.32. The summed E-state index contributed by atoms with van der Waals surface area (Å²) < 4.78 is 38.2. The summed E-state index contributed by atoms with van der Waals surface area (Å²) in [4.78, 5) is 2.78. The smallest absolute Gasteiger partial charge is 0.178 e. The van der Waals surface area contributed by atoms with Crippen molar-refractivity contribution in [2.24, 2.45) is 0 Å². The molecule has 0 aliphatic carbocycles. The molecule has 3 nitrogen and oxygen atoms in total. The van der Waals surface area contributed by atoms with Crippen LogP contribution in [0.25, 0.3) is 11.1 Å².